The van der Waals surface area contributed by atoms with Crippen molar-refractivity contribution in [3.63, 3.8) is 0 Å². The van der Waals surface area contributed by atoms with Crippen molar-refractivity contribution in [3.05, 3.63) is 84.9 Å². The zero-order valence-electron chi connectivity index (χ0n) is 17.0. The molecule has 6 heteroatoms. The van der Waals surface area contributed by atoms with Gasteiger partial charge in [-0.2, -0.15) is 0 Å². The molecular weight excluding hydrogens is 408 g/mol. The fourth-order valence-corrected chi connectivity index (χ4v) is 4.30. The van der Waals surface area contributed by atoms with E-state index in [2.05, 4.69) is 5.32 Å². The summed E-state index contributed by atoms with van der Waals surface area (Å²) in [6.45, 7) is 1.84. The molecule has 3 aromatic carbocycles. The fraction of sp³-hybridized carbons (Fsp3) is 0.120. The lowest BCUT2D eigenvalue weighted by atomic mass is 10.1. The number of nitrogens with zero attached hydrogens (tertiary/aromatic N) is 1. The van der Waals surface area contributed by atoms with E-state index < -0.39 is 5.97 Å². The van der Waals surface area contributed by atoms with Gasteiger partial charge in [-0.1, -0.05) is 59.9 Å². The van der Waals surface area contributed by atoms with E-state index in [9.17, 15) is 4.79 Å². The smallest absolute Gasteiger partial charge is 0.305 e. The Balaban J connectivity index is 1.63. The number of carbonyl (C=O) groups is 1. The van der Waals surface area contributed by atoms with Gasteiger partial charge in [0, 0.05) is 11.6 Å². The van der Waals surface area contributed by atoms with Crippen molar-refractivity contribution >= 4 is 22.4 Å². The van der Waals surface area contributed by atoms with Crippen LogP contribution in [0.15, 0.2) is 84.9 Å². The van der Waals surface area contributed by atoms with Crippen LogP contribution in [0.1, 0.15) is 13.3 Å². The summed E-state index contributed by atoms with van der Waals surface area (Å²) in [5.74, 6) is 0.696. The number of hydrogen-bond donors (Lipinski definition) is 2. The number of nitrogens with one attached hydrogen (secondary N) is 1. The van der Waals surface area contributed by atoms with Crippen LogP contribution in [0.3, 0.4) is 0 Å². The number of para-hydroxylation sites is 1. The van der Waals surface area contributed by atoms with Crippen LogP contribution in [0.2, 0.25) is 0 Å². The van der Waals surface area contributed by atoms with Gasteiger partial charge in [-0.3, -0.25) is 4.79 Å². The number of ether oxygens (including phenoxy) is 1. The first-order valence-corrected chi connectivity index (χ1v) is 10.8. The molecule has 0 aliphatic heterocycles. The third-order valence-corrected chi connectivity index (χ3v) is 5.66. The zero-order chi connectivity index (χ0) is 21.6. The third kappa shape index (κ3) is 5.29. The summed E-state index contributed by atoms with van der Waals surface area (Å²) in [7, 11) is 0. The second kappa shape index (κ2) is 9.45. The van der Waals surface area contributed by atoms with Gasteiger partial charge in [-0.15, -0.1) is 0 Å². The average Bonchev–Trinajstić information content (AvgIpc) is 3.18. The number of aromatic nitrogens is 1. The number of carboxylic acids is 1. The standard InChI is InChI=1S/C25H22N2O3S/c1-17(16-22(28)29)26-25-27-23(24(31-25)19-8-4-2-5-9-19)18-12-14-21(15-13-18)30-20-10-6-3-7-11-20/h2-15,17H,16H2,1H3,(H,26,27)(H,28,29). The Bertz CT molecular complexity index is 1140. The van der Waals surface area contributed by atoms with E-state index in [1.807, 2.05) is 91.9 Å². The van der Waals surface area contributed by atoms with Gasteiger partial charge in [0.25, 0.3) is 0 Å². The summed E-state index contributed by atoms with van der Waals surface area (Å²) in [5, 5.41) is 13.0. The van der Waals surface area contributed by atoms with Crippen LogP contribution in [0.5, 0.6) is 11.5 Å². The Morgan fingerprint density at radius 3 is 2.19 bits per heavy atom. The van der Waals surface area contributed by atoms with Crippen molar-refractivity contribution in [2.75, 3.05) is 5.32 Å². The molecular formula is C25H22N2O3S. The molecule has 1 heterocycles. The van der Waals surface area contributed by atoms with Crippen LogP contribution in [-0.2, 0) is 4.79 Å². The molecule has 156 valence electrons. The molecule has 0 fully saturated rings. The Kier molecular flexibility index (Phi) is 6.29. The first kappa shape index (κ1) is 20.6. The molecule has 1 aromatic heterocycles. The molecule has 4 rings (SSSR count). The number of thiazole rings is 1. The SMILES string of the molecule is CC(CC(=O)O)Nc1nc(-c2ccc(Oc3ccccc3)cc2)c(-c2ccccc2)s1. The minimum Gasteiger partial charge on any atom is -0.481 e. The molecule has 4 aromatic rings. The molecule has 31 heavy (non-hydrogen) atoms. The normalized spacial score (nSPS) is 11.6. The van der Waals surface area contributed by atoms with Gasteiger partial charge in [0.05, 0.1) is 17.0 Å². The first-order chi connectivity index (χ1) is 15.1. The average molecular weight is 431 g/mol. The number of anilines is 1. The fourth-order valence-electron chi connectivity index (χ4n) is 3.19. The van der Waals surface area contributed by atoms with Gasteiger partial charge in [0.2, 0.25) is 0 Å². The molecule has 0 aliphatic carbocycles. The highest BCUT2D eigenvalue weighted by molar-refractivity contribution is 7.19. The molecule has 0 saturated heterocycles. The van der Waals surface area contributed by atoms with Crippen LogP contribution < -0.4 is 10.1 Å². The van der Waals surface area contributed by atoms with Crippen molar-refractivity contribution in [1.82, 2.24) is 4.98 Å². The second-order valence-electron chi connectivity index (χ2n) is 7.15. The maximum absolute atomic E-state index is 11.0. The van der Waals surface area contributed by atoms with Gasteiger partial charge < -0.3 is 15.2 Å². The maximum Gasteiger partial charge on any atom is 0.305 e. The van der Waals surface area contributed by atoms with Crippen molar-refractivity contribution in [3.8, 4) is 33.2 Å². The van der Waals surface area contributed by atoms with E-state index >= 15 is 0 Å². The molecule has 2 N–H and O–H groups in total. The van der Waals surface area contributed by atoms with Crippen molar-refractivity contribution in [1.29, 1.82) is 0 Å². The summed E-state index contributed by atoms with van der Waals surface area (Å²) in [5.41, 5.74) is 2.89. The summed E-state index contributed by atoms with van der Waals surface area (Å²) < 4.78 is 5.89. The van der Waals surface area contributed by atoms with Gasteiger partial charge in [0.15, 0.2) is 5.13 Å². The van der Waals surface area contributed by atoms with E-state index in [-0.39, 0.29) is 12.5 Å². The zero-order valence-corrected chi connectivity index (χ0v) is 17.8. The van der Waals surface area contributed by atoms with Gasteiger partial charge in [-0.25, -0.2) is 4.98 Å². The molecule has 0 amide bonds. The predicted molar refractivity (Wildman–Crippen MR) is 125 cm³/mol. The van der Waals surface area contributed by atoms with Crippen LogP contribution in [0, 0.1) is 0 Å². The van der Waals surface area contributed by atoms with Gasteiger partial charge in [0.1, 0.15) is 11.5 Å². The van der Waals surface area contributed by atoms with E-state index in [4.69, 9.17) is 14.8 Å². The first-order valence-electron chi connectivity index (χ1n) is 9.96. The lowest BCUT2D eigenvalue weighted by Gasteiger charge is -2.09. The highest BCUT2D eigenvalue weighted by Gasteiger charge is 2.17. The Morgan fingerprint density at radius 2 is 1.55 bits per heavy atom. The van der Waals surface area contributed by atoms with Gasteiger partial charge in [-0.05, 0) is 48.9 Å². The minimum atomic E-state index is -0.839. The van der Waals surface area contributed by atoms with Crippen LogP contribution in [0.25, 0.3) is 21.7 Å². The van der Waals surface area contributed by atoms with Crippen molar-refractivity contribution < 1.29 is 14.6 Å². The molecule has 0 bridgehead atoms. The molecule has 0 radical (unpaired) electrons. The van der Waals surface area contributed by atoms with Crippen molar-refractivity contribution in [2.45, 2.75) is 19.4 Å². The molecule has 1 unspecified atom stereocenters. The molecule has 0 aliphatic rings. The molecule has 0 spiro atoms. The number of aliphatic carboxylic acids is 1. The number of carboxylic acid groups (broad SMARTS) is 1. The van der Waals surface area contributed by atoms with Crippen LogP contribution in [0.4, 0.5) is 5.13 Å². The summed E-state index contributed by atoms with van der Waals surface area (Å²) in [6, 6.07) is 27.3. The highest BCUT2D eigenvalue weighted by Crippen LogP contribution is 2.39. The molecule has 5 nitrogen and oxygen atoms in total. The largest absolute Gasteiger partial charge is 0.481 e. The predicted octanol–water partition coefficient (Wildman–Crippen LogP) is 6.54. The minimum absolute atomic E-state index is 0.0289. The molecule has 0 saturated carbocycles. The van der Waals surface area contributed by atoms with E-state index in [1.54, 1.807) is 0 Å². The van der Waals surface area contributed by atoms with Crippen LogP contribution in [-0.4, -0.2) is 22.1 Å². The topological polar surface area (TPSA) is 71.5 Å². The number of benzene rings is 3. The summed E-state index contributed by atoms with van der Waals surface area (Å²) >= 11 is 1.52. The van der Waals surface area contributed by atoms with Crippen molar-refractivity contribution in [2.24, 2.45) is 0 Å². The Hall–Kier alpha value is -3.64. The van der Waals surface area contributed by atoms with E-state index in [1.165, 1.54) is 11.3 Å². The van der Waals surface area contributed by atoms with Crippen LogP contribution >= 0.6 is 11.3 Å². The quantitative estimate of drug-likeness (QED) is 0.332. The number of hydrogen-bond acceptors (Lipinski definition) is 5. The monoisotopic (exact) mass is 430 g/mol. The molecule has 1 atom stereocenters. The lowest BCUT2D eigenvalue weighted by molar-refractivity contribution is -0.137. The summed E-state index contributed by atoms with van der Waals surface area (Å²) in [6.07, 6.45) is 0.0289. The van der Waals surface area contributed by atoms with Gasteiger partial charge >= 0.3 is 5.97 Å². The second-order valence-corrected chi connectivity index (χ2v) is 8.14. The summed E-state index contributed by atoms with van der Waals surface area (Å²) in [4.78, 5) is 16.8. The highest BCUT2D eigenvalue weighted by atomic mass is 32.1. The Morgan fingerprint density at radius 1 is 0.935 bits per heavy atom. The van der Waals surface area contributed by atoms with E-state index in [0.29, 0.717) is 5.13 Å². The number of rotatable bonds is 8. The van der Waals surface area contributed by atoms with E-state index in [0.717, 1.165) is 33.2 Å². The lowest BCUT2D eigenvalue weighted by Crippen LogP contribution is -2.19. The Labute approximate surface area is 185 Å². The third-order valence-electron chi connectivity index (χ3n) is 4.62. The maximum atomic E-state index is 11.0.